The van der Waals surface area contributed by atoms with Crippen molar-refractivity contribution in [1.82, 2.24) is 0 Å². The normalized spacial score (nSPS) is 17.2. The molecule has 1 rings (SSSR count). The third kappa shape index (κ3) is 0.913. The van der Waals surface area contributed by atoms with Crippen LogP contribution in [0.2, 0.25) is 6.32 Å². The Morgan fingerprint density at radius 1 is 1.75 bits per heavy atom. The van der Waals surface area contributed by atoms with Gasteiger partial charge < -0.3 is 5.11 Å². The van der Waals surface area contributed by atoms with Gasteiger partial charge in [-0.05, 0) is 6.42 Å². The lowest BCUT2D eigenvalue weighted by atomic mass is 9.50. The van der Waals surface area contributed by atoms with E-state index < -0.39 is 5.87 Å². The van der Waals surface area contributed by atoms with E-state index in [1.165, 1.54) is 0 Å². The van der Waals surface area contributed by atoms with Crippen LogP contribution in [0, 0.1) is 0 Å². The zero-order chi connectivity index (χ0) is 5.98. The van der Waals surface area contributed by atoms with Crippen molar-refractivity contribution in [3.8, 4) is 0 Å². The van der Waals surface area contributed by atoms with E-state index in [0.717, 1.165) is 12.7 Å². The van der Waals surface area contributed by atoms with E-state index in [1.807, 2.05) is 6.08 Å². The lowest BCUT2D eigenvalue weighted by Crippen LogP contribution is -2.17. The zero-order valence-corrected chi connectivity index (χ0v) is 4.50. The monoisotopic (exact) mass is 110 g/mol. The first-order valence-electron chi connectivity index (χ1n) is 2.70. The van der Waals surface area contributed by atoms with Crippen LogP contribution in [0.3, 0.4) is 0 Å². The molecule has 2 nitrogen and oxygen atoms in total. The average Bonchev–Trinajstić information content (AvgIpc) is 2.12. The van der Waals surface area contributed by atoms with Crippen LogP contribution >= 0.6 is 0 Å². The number of allylic oxidation sites excluding steroid dienone is 1. The maximum atomic E-state index is 10.2. The fourth-order valence-electron chi connectivity index (χ4n) is 0.838. The molecule has 0 saturated heterocycles. The Labute approximate surface area is 48.3 Å². The minimum absolute atomic E-state index is 0.199. The van der Waals surface area contributed by atoms with Crippen LogP contribution in [-0.4, -0.2) is 17.7 Å². The molecule has 0 spiro atoms. The third-order valence-electron chi connectivity index (χ3n) is 1.33. The lowest BCUT2D eigenvalue weighted by Gasteiger charge is -1.90. The fourth-order valence-corrected chi connectivity index (χ4v) is 0.838. The Balaban J connectivity index is 2.48. The number of carboxylic acid groups (broad SMARTS) is 1. The topological polar surface area (TPSA) is 37.3 Å². The molecular formula is C5H7BO2. The summed E-state index contributed by atoms with van der Waals surface area (Å²) in [6.45, 7) is -0.199. The van der Waals surface area contributed by atoms with E-state index in [4.69, 9.17) is 5.11 Å². The molecule has 0 unspecified atom stereocenters. The summed E-state index contributed by atoms with van der Waals surface area (Å²) in [5.74, 6) is 1.06. The minimum Gasteiger partial charge on any atom is -0.489 e. The van der Waals surface area contributed by atoms with Gasteiger partial charge in [0.1, 0.15) is 0 Å². The van der Waals surface area contributed by atoms with Gasteiger partial charge in [-0.25, -0.2) is 0 Å². The molecule has 1 heterocycles. The van der Waals surface area contributed by atoms with Crippen LogP contribution in [0.15, 0.2) is 12.1 Å². The van der Waals surface area contributed by atoms with Crippen LogP contribution < -0.4 is 0 Å². The minimum atomic E-state index is -0.696. The quantitative estimate of drug-likeness (QED) is 0.515. The second kappa shape index (κ2) is 2.03. The van der Waals surface area contributed by atoms with Crippen molar-refractivity contribution in [2.45, 2.75) is 12.7 Å². The first-order chi connectivity index (χ1) is 3.80. The largest absolute Gasteiger partial charge is 0.489 e. The first-order valence-corrected chi connectivity index (χ1v) is 2.70. The molecule has 0 aromatic heterocycles. The van der Waals surface area contributed by atoms with Crippen LogP contribution in [0.25, 0.3) is 0 Å². The predicted molar refractivity (Wildman–Crippen MR) is 32.3 cm³/mol. The lowest BCUT2D eigenvalue weighted by molar-refractivity contribution is 0.219. The molecule has 0 aromatic carbocycles. The van der Waals surface area contributed by atoms with Crippen molar-refractivity contribution < 1.29 is 9.90 Å². The van der Waals surface area contributed by atoms with Crippen molar-refractivity contribution in [2.24, 2.45) is 0 Å². The maximum Gasteiger partial charge on any atom is 0.302 e. The number of hydrogen-bond donors (Lipinski definition) is 1. The number of rotatable bonds is 1. The molecule has 0 saturated carbocycles. The van der Waals surface area contributed by atoms with Gasteiger partial charge >= 0.3 is 6.71 Å². The molecule has 0 bridgehead atoms. The van der Waals surface area contributed by atoms with Crippen LogP contribution in [-0.2, 0) is 0 Å². The summed E-state index contributed by atoms with van der Waals surface area (Å²) in [5.41, 5.74) is 0. The van der Waals surface area contributed by atoms with Gasteiger partial charge in [0.25, 0.3) is 5.87 Å². The molecule has 8 heavy (non-hydrogen) atoms. The van der Waals surface area contributed by atoms with Gasteiger partial charge in [0.05, 0.1) is 0 Å². The van der Waals surface area contributed by atoms with Crippen LogP contribution in [0.1, 0.15) is 6.42 Å². The zero-order valence-electron chi connectivity index (χ0n) is 4.50. The van der Waals surface area contributed by atoms with Gasteiger partial charge in [-0.2, -0.15) is 0 Å². The molecule has 3 heteroatoms. The van der Waals surface area contributed by atoms with Crippen molar-refractivity contribution in [2.75, 3.05) is 0 Å². The van der Waals surface area contributed by atoms with E-state index in [-0.39, 0.29) is 6.71 Å². The van der Waals surface area contributed by atoms with Crippen molar-refractivity contribution in [3.63, 3.8) is 0 Å². The van der Waals surface area contributed by atoms with Gasteiger partial charge in [-0.3, -0.25) is 4.79 Å². The summed E-state index contributed by atoms with van der Waals surface area (Å²) in [6.07, 6.45) is 3.63. The van der Waals surface area contributed by atoms with E-state index >= 15 is 0 Å². The SMILES string of the molecule is O=C(O)B1C=CCC1. The standard InChI is InChI=1S/C5H7BO2/c7-5(8)6-3-1-2-4-6/h1,3H,2,4H2,(H,7,8). The highest BCUT2D eigenvalue weighted by Crippen LogP contribution is 2.09. The summed E-state index contributed by atoms with van der Waals surface area (Å²) < 4.78 is 0. The highest BCUT2D eigenvalue weighted by Gasteiger charge is 2.21. The fraction of sp³-hybridized carbons (Fsp3) is 0.400. The molecule has 1 aliphatic rings. The Hall–Kier alpha value is -0.725. The van der Waals surface area contributed by atoms with Gasteiger partial charge in [-0.15, -0.1) is 5.98 Å². The Morgan fingerprint density at radius 3 is 2.75 bits per heavy atom. The Morgan fingerprint density at radius 2 is 2.50 bits per heavy atom. The molecule has 42 valence electrons. The summed E-state index contributed by atoms with van der Waals surface area (Å²) in [7, 11) is 0. The highest BCUT2D eigenvalue weighted by atomic mass is 16.4. The second-order valence-electron chi connectivity index (χ2n) is 1.95. The molecule has 0 fully saturated rings. The summed E-state index contributed by atoms with van der Waals surface area (Å²) in [4.78, 5) is 10.2. The summed E-state index contributed by atoms with van der Waals surface area (Å²) >= 11 is 0. The van der Waals surface area contributed by atoms with Crippen molar-refractivity contribution in [3.05, 3.63) is 12.1 Å². The number of carbonyl (C=O) groups is 1. The van der Waals surface area contributed by atoms with Crippen LogP contribution in [0.4, 0.5) is 4.79 Å². The van der Waals surface area contributed by atoms with Crippen molar-refractivity contribution in [1.29, 1.82) is 0 Å². The average molecular weight is 110 g/mol. The van der Waals surface area contributed by atoms with E-state index in [1.54, 1.807) is 5.98 Å². The molecule has 0 aliphatic carbocycles. The van der Waals surface area contributed by atoms with Gasteiger partial charge in [0.2, 0.25) is 0 Å². The van der Waals surface area contributed by atoms with E-state index in [2.05, 4.69) is 0 Å². The van der Waals surface area contributed by atoms with Gasteiger partial charge in [0.15, 0.2) is 0 Å². The smallest absolute Gasteiger partial charge is 0.302 e. The molecule has 1 aliphatic heterocycles. The second-order valence-corrected chi connectivity index (χ2v) is 1.95. The maximum absolute atomic E-state index is 10.2. The Kier molecular flexibility index (Phi) is 1.37. The molecule has 1 N–H and O–H groups in total. The first kappa shape index (κ1) is 5.41. The predicted octanol–water partition coefficient (Wildman–Crippen LogP) is 1.24. The highest BCUT2D eigenvalue weighted by molar-refractivity contribution is 6.92. The van der Waals surface area contributed by atoms with E-state index in [9.17, 15) is 4.79 Å². The van der Waals surface area contributed by atoms with Crippen molar-refractivity contribution >= 4 is 12.6 Å². The Bertz CT molecular complexity index is 130. The van der Waals surface area contributed by atoms with Gasteiger partial charge in [-0.1, -0.05) is 12.4 Å². The molecular weight excluding hydrogens is 103 g/mol. The molecule has 0 aromatic rings. The molecule has 0 radical (unpaired) electrons. The van der Waals surface area contributed by atoms with E-state index in [0.29, 0.717) is 0 Å². The molecule has 0 amide bonds. The third-order valence-corrected chi connectivity index (χ3v) is 1.33. The van der Waals surface area contributed by atoms with Crippen LogP contribution in [0.5, 0.6) is 0 Å². The van der Waals surface area contributed by atoms with Gasteiger partial charge in [0, 0.05) is 0 Å². The number of hydrogen-bond acceptors (Lipinski definition) is 1. The summed E-state index contributed by atoms with van der Waals surface area (Å²) in [6, 6.07) is 0. The summed E-state index contributed by atoms with van der Waals surface area (Å²) in [5, 5.41) is 8.36. The molecule has 0 atom stereocenters.